The number of carbonyl (C=O) groups is 1. The molecule has 2 heterocycles. The minimum Gasteiger partial charge on any atom is -0.494 e. The van der Waals surface area contributed by atoms with Gasteiger partial charge in [0.25, 0.3) is 5.91 Å². The number of carbonyl (C=O) groups excluding carboxylic acids is 1. The Balaban J connectivity index is 1.27. The molecule has 0 aliphatic carbocycles. The van der Waals surface area contributed by atoms with Gasteiger partial charge in [-0.15, -0.1) is 0 Å². The average Bonchev–Trinajstić information content (AvgIpc) is 3.57. The number of imidazole rings is 1. The quantitative estimate of drug-likeness (QED) is 0.161. The summed E-state index contributed by atoms with van der Waals surface area (Å²) in [7, 11) is -3.90. The van der Waals surface area contributed by atoms with Crippen molar-refractivity contribution in [2.24, 2.45) is 0 Å². The van der Waals surface area contributed by atoms with Crippen LogP contribution in [0.2, 0.25) is 10.0 Å². The number of amides is 1. The summed E-state index contributed by atoms with van der Waals surface area (Å²) in [4.78, 5) is 16.5. The van der Waals surface area contributed by atoms with Crippen LogP contribution in [0.4, 0.5) is 10.1 Å². The van der Waals surface area contributed by atoms with Crippen LogP contribution in [-0.4, -0.2) is 37.0 Å². The zero-order chi connectivity index (χ0) is 33.1. The molecule has 47 heavy (non-hydrogen) atoms. The van der Waals surface area contributed by atoms with Crippen molar-refractivity contribution in [1.82, 2.24) is 14.3 Å². The number of rotatable bonds is 10. The molecule has 6 rings (SSSR count). The minimum absolute atomic E-state index is 0.265. The van der Waals surface area contributed by atoms with Crippen molar-refractivity contribution in [3.8, 4) is 28.1 Å². The number of nitrogens with zero attached hydrogens (tertiary/aromatic N) is 3. The van der Waals surface area contributed by atoms with Gasteiger partial charge in [0.05, 0.1) is 23.0 Å². The van der Waals surface area contributed by atoms with Crippen molar-refractivity contribution in [1.29, 1.82) is 0 Å². The highest BCUT2D eigenvalue weighted by atomic mass is 35.5. The molecule has 0 atom stereocenters. The Morgan fingerprint density at radius 1 is 0.957 bits per heavy atom. The third kappa shape index (κ3) is 7.35. The Morgan fingerprint density at radius 3 is 2.40 bits per heavy atom. The molecule has 8 nitrogen and oxygen atoms in total. The Bertz CT molecular complexity index is 2080. The van der Waals surface area contributed by atoms with E-state index in [4.69, 9.17) is 32.9 Å². The van der Waals surface area contributed by atoms with Crippen LogP contribution in [0.15, 0.2) is 91.1 Å². The van der Waals surface area contributed by atoms with Crippen molar-refractivity contribution < 1.29 is 22.3 Å². The summed E-state index contributed by atoms with van der Waals surface area (Å²) in [6.45, 7) is 2.73. The van der Waals surface area contributed by atoms with Crippen LogP contribution < -0.4 is 13.8 Å². The smallest absolute Gasteiger partial charge is 0.326 e. The second-order valence-corrected chi connectivity index (χ2v) is 13.3. The van der Waals surface area contributed by atoms with E-state index in [9.17, 15) is 17.6 Å². The van der Waals surface area contributed by atoms with E-state index in [1.54, 1.807) is 48.5 Å². The number of hydrogen-bond donors (Lipinski definition) is 1. The maximum Gasteiger partial charge on any atom is 0.326 e. The summed E-state index contributed by atoms with van der Waals surface area (Å²) in [5.74, 6) is 0.361. The van der Waals surface area contributed by atoms with E-state index in [0.717, 1.165) is 27.4 Å². The van der Waals surface area contributed by atoms with E-state index in [-0.39, 0.29) is 12.4 Å². The summed E-state index contributed by atoms with van der Waals surface area (Å²) in [6.07, 6.45) is 6.54. The molecule has 1 aliphatic rings. The van der Waals surface area contributed by atoms with E-state index in [1.807, 2.05) is 64.9 Å². The van der Waals surface area contributed by atoms with Crippen LogP contribution in [0, 0.1) is 5.82 Å². The van der Waals surface area contributed by atoms with E-state index < -0.39 is 16.1 Å². The first-order valence-electron chi connectivity index (χ1n) is 14.8. The minimum atomic E-state index is -3.90. The molecule has 0 saturated carbocycles. The van der Waals surface area contributed by atoms with Gasteiger partial charge in [0.1, 0.15) is 23.9 Å². The summed E-state index contributed by atoms with van der Waals surface area (Å²) < 4.78 is 49.8. The first-order valence-corrected chi connectivity index (χ1v) is 16.9. The van der Waals surface area contributed by atoms with E-state index in [2.05, 4.69) is 0 Å². The summed E-state index contributed by atoms with van der Waals surface area (Å²) in [6, 6.07) is 24.4. The van der Waals surface area contributed by atoms with Gasteiger partial charge in [-0.25, -0.2) is 18.4 Å². The Morgan fingerprint density at radius 2 is 1.72 bits per heavy atom. The molecule has 4 aromatic carbocycles. The van der Waals surface area contributed by atoms with Gasteiger partial charge in [-0.1, -0.05) is 72.6 Å². The monoisotopic (exact) mass is 690 g/mol. The first-order chi connectivity index (χ1) is 22.6. The van der Waals surface area contributed by atoms with E-state index >= 15 is 0 Å². The molecule has 0 radical (unpaired) electrons. The fourth-order valence-corrected chi connectivity index (χ4v) is 6.79. The van der Waals surface area contributed by atoms with Crippen molar-refractivity contribution >= 4 is 57.2 Å². The van der Waals surface area contributed by atoms with Crippen LogP contribution in [-0.2, 0) is 21.5 Å². The van der Waals surface area contributed by atoms with Crippen molar-refractivity contribution in [2.75, 3.05) is 17.5 Å². The summed E-state index contributed by atoms with van der Waals surface area (Å²) in [5, 5.41) is 0.975. The van der Waals surface area contributed by atoms with Crippen molar-refractivity contribution in [2.45, 2.75) is 19.9 Å². The van der Waals surface area contributed by atoms with Gasteiger partial charge in [0.15, 0.2) is 0 Å². The van der Waals surface area contributed by atoms with Crippen molar-refractivity contribution in [3.05, 3.63) is 124 Å². The van der Waals surface area contributed by atoms with Crippen LogP contribution in [0.25, 0.3) is 34.5 Å². The lowest BCUT2D eigenvalue weighted by Gasteiger charge is -2.15. The number of nitrogens with one attached hydrogen (secondary N) is 1. The predicted octanol–water partition coefficient (Wildman–Crippen LogP) is 7.85. The van der Waals surface area contributed by atoms with Gasteiger partial charge in [0, 0.05) is 28.9 Å². The van der Waals surface area contributed by atoms with Crippen LogP contribution in [0.1, 0.15) is 30.3 Å². The van der Waals surface area contributed by atoms with Crippen LogP contribution >= 0.6 is 23.2 Å². The van der Waals surface area contributed by atoms with Gasteiger partial charge < -0.3 is 9.30 Å². The summed E-state index contributed by atoms with van der Waals surface area (Å²) in [5.41, 5.74) is 4.70. The lowest BCUT2D eigenvalue weighted by molar-refractivity contribution is -0.117. The Kier molecular flexibility index (Phi) is 9.35. The molecule has 0 bridgehead atoms. The molecule has 240 valence electrons. The molecule has 5 aromatic rings. The number of ether oxygens (including phenoxy) is 1. The zero-order valence-electron chi connectivity index (χ0n) is 25.2. The third-order valence-corrected chi connectivity index (χ3v) is 9.42. The van der Waals surface area contributed by atoms with Crippen LogP contribution in [0.5, 0.6) is 5.75 Å². The average molecular weight is 692 g/mol. The number of benzene rings is 4. The molecule has 1 amide bonds. The number of aromatic nitrogens is 2. The van der Waals surface area contributed by atoms with Gasteiger partial charge in [-0.3, -0.25) is 4.79 Å². The Labute approximate surface area is 282 Å². The highest BCUT2D eigenvalue weighted by molar-refractivity contribution is 7.92. The maximum atomic E-state index is 14.7. The molecule has 12 heteroatoms. The molecular weight excluding hydrogens is 662 g/mol. The lowest BCUT2D eigenvalue weighted by Crippen LogP contribution is -2.29. The van der Waals surface area contributed by atoms with Gasteiger partial charge in [-0.05, 0) is 77.7 Å². The summed E-state index contributed by atoms with van der Waals surface area (Å²) >= 11 is 12.6. The second kappa shape index (κ2) is 13.6. The fourth-order valence-electron chi connectivity index (χ4n) is 5.14. The maximum absolute atomic E-state index is 14.7. The largest absolute Gasteiger partial charge is 0.494 e. The van der Waals surface area contributed by atoms with E-state index in [1.165, 1.54) is 6.07 Å². The molecular formula is C35H29Cl2FN4O4S. The molecule has 0 unspecified atom stereocenters. The second-order valence-electron chi connectivity index (χ2n) is 10.9. The first kappa shape index (κ1) is 32.3. The predicted molar refractivity (Wildman–Crippen MR) is 184 cm³/mol. The number of halogens is 3. The highest BCUT2D eigenvalue weighted by Gasteiger charge is 2.33. The third-order valence-electron chi connectivity index (χ3n) is 7.47. The number of hydrogen-bond acceptors (Lipinski definition) is 5. The SMILES string of the molecule is CCCOc1ccc(F)c(-c2ccc(C=Cc3nc(-c4ccc(Cl)cc4Cl)cn3Cc3ccc(N4CC(=O)NS4(=O)=O)cc3)cc2)c1. The standard InChI is InChI=1S/C35H29Cl2FN4O4S/c1-2-17-46-28-13-15-32(38)30(19-28)25-8-3-23(4-9-25)7-16-34-39-33(29-14-10-26(36)18-31(29)37)21-41(34)20-24-5-11-27(12-6-24)42-22-35(43)40-47(42,44)45/h3-16,18-19,21H,2,17,20,22H2,1H3,(H,40,43). The molecule has 1 fully saturated rings. The molecule has 1 N–H and O–H groups in total. The molecule has 1 aliphatic heterocycles. The lowest BCUT2D eigenvalue weighted by atomic mass is 10.0. The molecule has 1 aromatic heterocycles. The Hall–Kier alpha value is -4.64. The van der Waals surface area contributed by atoms with Crippen LogP contribution in [0.3, 0.4) is 0 Å². The van der Waals surface area contributed by atoms with Gasteiger partial charge >= 0.3 is 10.2 Å². The molecule has 1 saturated heterocycles. The zero-order valence-corrected chi connectivity index (χ0v) is 27.5. The topological polar surface area (TPSA) is 93.5 Å². The fraction of sp³-hybridized carbons (Fsp3) is 0.143. The van der Waals surface area contributed by atoms with Gasteiger partial charge in [-0.2, -0.15) is 8.42 Å². The van der Waals surface area contributed by atoms with Gasteiger partial charge in [0.2, 0.25) is 0 Å². The van der Waals surface area contributed by atoms with Crippen molar-refractivity contribution in [3.63, 3.8) is 0 Å². The normalized spacial score (nSPS) is 14.1. The van der Waals surface area contributed by atoms with E-state index in [0.29, 0.717) is 57.3 Å². The molecule has 0 spiro atoms. The highest BCUT2D eigenvalue weighted by Crippen LogP contribution is 2.31. The number of anilines is 1.